The van der Waals surface area contributed by atoms with Gasteiger partial charge in [0.25, 0.3) is 0 Å². The molecule has 0 spiro atoms. The molecule has 0 unspecified atom stereocenters. The van der Waals surface area contributed by atoms with Gasteiger partial charge in [-0.2, -0.15) is 0 Å². The van der Waals surface area contributed by atoms with Crippen LogP contribution in [0.25, 0.3) is 10.2 Å². The number of thiazole rings is 1. The van der Waals surface area contributed by atoms with Crippen molar-refractivity contribution in [3.8, 4) is 0 Å². The van der Waals surface area contributed by atoms with Crippen LogP contribution in [0.3, 0.4) is 0 Å². The highest BCUT2D eigenvalue weighted by atomic mass is 79.9. The molecule has 0 saturated carbocycles. The predicted octanol–water partition coefficient (Wildman–Crippen LogP) is 5.45. The first-order valence-electron chi connectivity index (χ1n) is 5.66. The first-order chi connectivity index (χ1) is 9.24. The molecular formula is C13H11BrN2S3. The zero-order valence-electron chi connectivity index (χ0n) is 10.1. The van der Waals surface area contributed by atoms with Gasteiger partial charge in [-0.25, -0.2) is 4.98 Å². The summed E-state index contributed by atoms with van der Waals surface area (Å²) < 4.78 is 3.53. The van der Waals surface area contributed by atoms with Crippen LogP contribution in [0, 0.1) is 0 Å². The Hall–Kier alpha value is -0.560. The molecule has 3 rings (SSSR count). The minimum atomic E-state index is 0.849. The standard InChI is InChI=1S/C13H11BrN2S3/c1-17-13-16-10-3-2-9(5-11(10)19-13)15-6-8-4-12(14)18-7-8/h2-5,7,15H,6H2,1H3. The monoisotopic (exact) mass is 370 g/mol. The van der Waals surface area contributed by atoms with Crippen molar-refractivity contribution >= 4 is 66.3 Å². The molecule has 1 aromatic carbocycles. The van der Waals surface area contributed by atoms with Gasteiger partial charge in [0.1, 0.15) is 0 Å². The van der Waals surface area contributed by atoms with E-state index >= 15 is 0 Å². The first-order valence-corrected chi connectivity index (χ1v) is 9.37. The zero-order chi connectivity index (χ0) is 13.2. The van der Waals surface area contributed by atoms with Crippen LogP contribution in [0.4, 0.5) is 5.69 Å². The topological polar surface area (TPSA) is 24.9 Å². The molecule has 6 heteroatoms. The summed E-state index contributed by atoms with van der Waals surface area (Å²) in [5.41, 5.74) is 3.52. The Morgan fingerprint density at radius 2 is 2.26 bits per heavy atom. The summed E-state index contributed by atoms with van der Waals surface area (Å²) in [6, 6.07) is 8.49. The Kier molecular flexibility index (Phi) is 4.12. The highest BCUT2D eigenvalue weighted by molar-refractivity contribution is 9.11. The van der Waals surface area contributed by atoms with Gasteiger partial charge in [0, 0.05) is 12.2 Å². The molecule has 2 heterocycles. The molecule has 19 heavy (non-hydrogen) atoms. The highest BCUT2D eigenvalue weighted by Crippen LogP contribution is 2.30. The van der Waals surface area contributed by atoms with Crippen LogP contribution < -0.4 is 5.32 Å². The molecule has 0 atom stereocenters. The number of nitrogens with zero attached hydrogens (tertiary/aromatic N) is 1. The van der Waals surface area contributed by atoms with Gasteiger partial charge < -0.3 is 5.32 Å². The third kappa shape index (κ3) is 3.13. The van der Waals surface area contributed by atoms with Crippen molar-refractivity contribution in [1.82, 2.24) is 4.98 Å². The van der Waals surface area contributed by atoms with E-state index in [1.54, 1.807) is 34.4 Å². The highest BCUT2D eigenvalue weighted by Gasteiger charge is 2.04. The number of anilines is 1. The quantitative estimate of drug-likeness (QED) is 0.617. The fraction of sp³-hybridized carbons (Fsp3) is 0.154. The molecule has 2 aromatic heterocycles. The smallest absolute Gasteiger partial charge is 0.150 e. The minimum Gasteiger partial charge on any atom is -0.381 e. The average molecular weight is 371 g/mol. The molecule has 0 fully saturated rings. The van der Waals surface area contributed by atoms with Crippen molar-refractivity contribution in [3.63, 3.8) is 0 Å². The van der Waals surface area contributed by atoms with Gasteiger partial charge in [-0.1, -0.05) is 11.8 Å². The Morgan fingerprint density at radius 3 is 3.00 bits per heavy atom. The van der Waals surface area contributed by atoms with Crippen molar-refractivity contribution in [2.75, 3.05) is 11.6 Å². The average Bonchev–Trinajstić information content (AvgIpc) is 3.01. The summed E-state index contributed by atoms with van der Waals surface area (Å²) in [5, 5.41) is 5.61. The Labute approximate surface area is 132 Å². The Bertz CT molecular complexity index is 705. The van der Waals surface area contributed by atoms with E-state index in [1.807, 2.05) is 0 Å². The molecule has 2 nitrogen and oxygen atoms in total. The predicted molar refractivity (Wildman–Crippen MR) is 90.7 cm³/mol. The molecule has 0 aliphatic carbocycles. The second-order valence-corrected chi connectivity index (χ2v) is 8.35. The fourth-order valence-corrected chi connectivity index (χ4v) is 4.48. The van der Waals surface area contributed by atoms with Crippen LogP contribution in [0.15, 0.2) is 37.8 Å². The van der Waals surface area contributed by atoms with Crippen LogP contribution in [0.2, 0.25) is 0 Å². The second-order valence-electron chi connectivity index (χ2n) is 3.98. The van der Waals surface area contributed by atoms with Crippen molar-refractivity contribution in [1.29, 1.82) is 0 Å². The lowest BCUT2D eigenvalue weighted by Gasteiger charge is -2.04. The lowest BCUT2D eigenvalue weighted by molar-refractivity contribution is 1.16. The van der Waals surface area contributed by atoms with Crippen LogP contribution in [-0.4, -0.2) is 11.2 Å². The van der Waals surface area contributed by atoms with E-state index in [2.05, 4.69) is 62.1 Å². The second kappa shape index (κ2) is 5.83. The maximum absolute atomic E-state index is 4.54. The SMILES string of the molecule is CSc1nc2ccc(NCc3csc(Br)c3)cc2s1. The molecule has 0 aliphatic rings. The van der Waals surface area contributed by atoms with E-state index < -0.39 is 0 Å². The molecule has 0 amide bonds. The van der Waals surface area contributed by atoms with Crippen molar-refractivity contribution in [2.45, 2.75) is 10.9 Å². The van der Waals surface area contributed by atoms with Gasteiger partial charge in [0.2, 0.25) is 0 Å². The van der Waals surface area contributed by atoms with Crippen molar-refractivity contribution in [2.24, 2.45) is 0 Å². The van der Waals surface area contributed by atoms with E-state index in [4.69, 9.17) is 0 Å². The number of halogens is 1. The maximum Gasteiger partial charge on any atom is 0.150 e. The van der Waals surface area contributed by atoms with Gasteiger partial charge in [-0.15, -0.1) is 22.7 Å². The minimum absolute atomic E-state index is 0.849. The number of rotatable bonds is 4. The summed E-state index contributed by atoms with van der Waals surface area (Å²) >= 11 is 8.64. The van der Waals surface area contributed by atoms with Gasteiger partial charge in [0.05, 0.1) is 14.0 Å². The molecule has 3 aromatic rings. The summed E-state index contributed by atoms with van der Waals surface area (Å²) in [5.74, 6) is 0. The third-order valence-electron chi connectivity index (χ3n) is 2.66. The van der Waals surface area contributed by atoms with Gasteiger partial charge in [-0.05, 0) is 57.4 Å². The summed E-state index contributed by atoms with van der Waals surface area (Å²) in [4.78, 5) is 4.54. The van der Waals surface area contributed by atoms with E-state index in [0.717, 1.165) is 22.1 Å². The van der Waals surface area contributed by atoms with Gasteiger partial charge in [-0.3, -0.25) is 0 Å². The van der Waals surface area contributed by atoms with E-state index in [9.17, 15) is 0 Å². The van der Waals surface area contributed by atoms with E-state index in [0.29, 0.717) is 0 Å². The summed E-state index contributed by atoms with van der Waals surface area (Å²) in [7, 11) is 0. The van der Waals surface area contributed by atoms with Crippen molar-refractivity contribution in [3.05, 3.63) is 39.0 Å². The lowest BCUT2D eigenvalue weighted by Crippen LogP contribution is -1.97. The number of benzene rings is 1. The fourth-order valence-electron chi connectivity index (χ4n) is 1.74. The van der Waals surface area contributed by atoms with Crippen LogP contribution in [-0.2, 0) is 6.54 Å². The zero-order valence-corrected chi connectivity index (χ0v) is 14.2. The first kappa shape index (κ1) is 13.4. The van der Waals surface area contributed by atoms with Crippen LogP contribution in [0.5, 0.6) is 0 Å². The molecule has 0 radical (unpaired) electrons. The number of aromatic nitrogens is 1. The largest absolute Gasteiger partial charge is 0.381 e. The lowest BCUT2D eigenvalue weighted by atomic mass is 10.3. The van der Waals surface area contributed by atoms with Crippen LogP contribution >= 0.6 is 50.4 Å². The number of hydrogen-bond donors (Lipinski definition) is 1. The number of nitrogens with one attached hydrogen (secondary N) is 1. The normalized spacial score (nSPS) is 11.1. The molecule has 0 aliphatic heterocycles. The number of thioether (sulfide) groups is 1. The summed E-state index contributed by atoms with van der Waals surface area (Å²) in [6.07, 6.45) is 2.06. The van der Waals surface area contributed by atoms with E-state index in [1.165, 1.54) is 14.0 Å². The number of thiophene rings is 1. The Balaban J connectivity index is 1.77. The molecular weight excluding hydrogens is 360 g/mol. The number of hydrogen-bond acceptors (Lipinski definition) is 5. The van der Waals surface area contributed by atoms with Crippen LogP contribution in [0.1, 0.15) is 5.56 Å². The maximum atomic E-state index is 4.54. The van der Waals surface area contributed by atoms with Gasteiger partial charge in [0.15, 0.2) is 4.34 Å². The van der Waals surface area contributed by atoms with E-state index in [-0.39, 0.29) is 0 Å². The number of fused-ring (bicyclic) bond motifs is 1. The summed E-state index contributed by atoms with van der Waals surface area (Å²) in [6.45, 7) is 0.849. The van der Waals surface area contributed by atoms with Gasteiger partial charge >= 0.3 is 0 Å². The molecule has 0 bridgehead atoms. The Morgan fingerprint density at radius 1 is 1.37 bits per heavy atom. The van der Waals surface area contributed by atoms with Crippen molar-refractivity contribution < 1.29 is 0 Å². The molecule has 98 valence electrons. The molecule has 0 saturated heterocycles. The third-order valence-corrected chi connectivity index (χ3v) is 6.22. The molecule has 1 N–H and O–H groups in total.